The lowest BCUT2D eigenvalue weighted by Crippen LogP contribution is -2.04. The normalized spacial score (nSPS) is 11.7. The number of rotatable bonds is 4. The first-order valence-electron chi connectivity index (χ1n) is 6.26. The molecule has 3 heteroatoms. The SMILES string of the molecule is CC(CCN)c1ccc(-c2ccc(Cl)cc2)cc1.I. The summed E-state index contributed by atoms with van der Waals surface area (Å²) in [6.45, 7) is 2.95. The highest BCUT2D eigenvalue weighted by Gasteiger charge is 2.04. The molecule has 0 saturated carbocycles. The van der Waals surface area contributed by atoms with Gasteiger partial charge in [-0.15, -0.1) is 24.0 Å². The third-order valence-corrected chi connectivity index (χ3v) is 3.51. The van der Waals surface area contributed by atoms with Crippen LogP contribution in [-0.4, -0.2) is 6.54 Å². The lowest BCUT2D eigenvalue weighted by atomic mass is 9.95. The van der Waals surface area contributed by atoms with Crippen molar-refractivity contribution in [1.29, 1.82) is 0 Å². The molecular formula is C16H19ClIN. The Morgan fingerprint density at radius 2 is 1.42 bits per heavy atom. The van der Waals surface area contributed by atoms with Crippen molar-refractivity contribution in [2.75, 3.05) is 6.54 Å². The summed E-state index contributed by atoms with van der Waals surface area (Å²) in [5.74, 6) is 0.522. The molecule has 0 fully saturated rings. The Kier molecular flexibility index (Phi) is 6.83. The molecule has 0 aromatic heterocycles. The van der Waals surface area contributed by atoms with Crippen LogP contribution in [0.25, 0.3) is 11.1 Å². The quantitative estimate of drug-likeness (QED) is 0.728. The maximum Gasteiger partial charge on any atom is 0.0406 e. The van der Waals surface area contributed by atoms with Crippen LogP contribution in [0.3, 0.4) is 0 Å². The Bertz CT molecular complexity index is 493. The summed E-state index contributed by atoms with van der Waals surface area (Å²) in [4.78, 5) is 0. The molecule has 2 rings (SSSR count). The average molecular weight is 388 g/mol. The van der Waals surface area contributed by atoms with E-state index in [4.69, 9.17) is 17.3 Å². The first-order valence-corrected chi connectivity index (χ1v) is 6.64. The van der Waals surface area contributed by atoms with E-state index in [1.165, 1.54) is 16.7 Å². The van der Waals surface area contributed by atoms with Gasteiger partial charge in [-0.1, -0.05) is 54.9 Å². The van der Waals surface area contributed by atoms with Crippen LogP contribution in [0.15, 0.2) is 48.5 Å². The first kappa shape index (κ1) is 16.5. The third kappa shape index (κ3) is 4.48. The summed E-state index contributed by atoms with van der Waals surface area (Å²) in [5.41, 5.74) is 9.34. The van der Waals surface area contributed by atoms with Gasteiger partial charge in [0.2, 0.25) is 0 Å². The second kappa shape index (κ2) is 7.88. The van der Waals surface area contributed by atoms with Gasteiger partial charge in [-0.25, -0.2) is 0 Å². The summed E-state index contributed by atoms with van der Waals surface area (Å²) in [6, 6.07) is 16.6. The summed E-state index contributed by atoms with van der Waals surface area (Å²) in [7, 11) is 0. The van der Waals surface area contributed by atoms with E-state index < -0.39 is 0 Å². The van der Waals surface area contributed by atoms with Crippen LogP contribution >= 0.6 is 35.6 Å². The van der Waals surface area contributed by atoms with Crippen molar-refractivity contribution in [3.8, 4) is 11.1 Å². The minimum atomic E-state index is 0. The van der Waals surface area contributed by atoms with E-state index in [2.05, 4.69) is 31.2 Å². The molecule has 0 bridgehead atoms. The predicted molar refractivity (Wildman–Crippen MR) is 94.4 cm³/mol. The summed E-state index contributed by atoms with van der Waals surface area (Å²) in [6.07, 6.45) is 1.03. The van der Waals surface area contributed by atoms with Gasteiger partial charge in [0.05, 0.1) is 0 Å². The molecule has 0 radical (unpaired) electrons. The molecule has 0 saturated heterocycles. The Morgan fingerprint density at radius 1 is 0.947 bits per heavy atom. The molecular weight excluding hydrogens is 369 g/mol. The molecule has 1 atom stereocenters. The van der Waals surface area contributed by atoms with E-state index >= 15 is 0 Å². The predicted octanol–water partition coefficient (Wildman–Crippen LogP) is 5.08. The fourth-order valence-corrected chi connectivity index (χ4v) is 2.19. The van der Waals surface area contributed by atoms with Crippen molar-refractivity contribution < 1.29 is 0 Å². The van der Waals surface area contributed by atoms with Crippen molar-refractivity contribution in [3.05, 3.63) is 59.1 Å². The number of hydrogen-bond donors (Lipinski definition) is 1. The van der Waals surface area contributed by atoms with Crippen molar-refractivity contribution in [3.63, 3.8) is 0 Å². The van der Waals surface area contributed by atoms with Crippen LogP contribution in [0.1, 0.15) is 24.8 Å². The van der Waals surface area contributed by atoms with Gasteiger partial charge in [-0.3, -0.25) is 0 Å². The zero-order valence-electron chi connectivity index (χ0n) is 11.0. The van der Waals surface area contributed by atoms with Crippen molar-refractivity contribution in [2.45, 2.75) is 19.3 Å². The number of halogens is 2. The van der Waals surface area contributed by atoms with Gasteiger partial charge < -0.3 is 5.73 Å². The van der Waals surface area contributed by atoms with Crippen molar-refractivity contribution >= 4 is 35.6 Å². The third-order valence-electron chi connectivity index (χ3n) is 3.26. The fourth-order valence-electron chi connectivity index (χ4n) is 2.06. The molecule has 102 valence electrons. The van der Waals surface area contributed by atoms with Crippen LogP contribution in [0, 0.1) is 0 Å². The van der Waals surface area contributed by atoms with Gasteiger partial charge in [-0.2, -0.15) is 0 Å². The van der Waals surface area contributed by atoms with E-state index in [0.29, 0.717) is 5.92 Å². The minimum Gasteiger partial charge on any atom is -0.330 e. The highest BCUT2D eigenvalue weighted by Crippen LogP contribution is 2.25. The van der Waals surface area contributed by atoms with Crippen LogP contribution in [0.5, 0.6) is 0 Å². The van der Waals surface area contributed by atoms with Gasteiger partial charge >= 0.3 is 0 Å². The molecule has 0 aliphatic rings. The van der Waals surface area contributed by atoms with Crippen LogP contribution in [0.2, 0.25) is 5.02 Å². The smallest absolute Gasteiger partial charge is 0.0406 e. The largest absolute Gasteiger partial charge is 0.330 e. The molecule has 0 aliphatic heterocycles. The second-order valence-corrected chi connectivity index (χ2v) is 5.04. The summed E-state index contributed by atoms with van der Waals surface area (Å²) >= 11 is 5.89. The molecule has 0 heterocycles. The molecule has 19 heavy (non-hydrogen) atoms. The van der Waals surface area contributed by atoms with E-state index in [0.717, 1.165) is 18.0 Å². The van der Waals surface area contributed by atoms with E-state index in [-0.39, 0.29) is 24.0 Å². The standard InChI is InChI=1S/C16H18ClN.HI/c1-12(10-11-18)13-2-4-14(5-3-13)15-6-8-16(17)9-7-15;/h2-9,12H,10-11,18H2,1H3;1H. The van der Waals surface area contributed by atoms with Crippen LogP contribution in [0.4, 0.5) is 0 Å². The highest BCUT2D eigenvalue weighted by molar-refractivity contribution is 14.0. The average Bonchev–Trinajstić information content (AvgIpc) is 2.40. The van der Waals surface area contributed by atoms with Gasteiger partial charge in [0.1, 0.15) is 0 Å². The molecule has 1 nitrogen and oxygen atoms in total. The Hall–Kier alpha value is -0.580. The van der Waals surface area contributed by atoms with E-state index in [1.807, 2.05) is 24.3 Å². The maximum absolute atomic E-state index is 5.89. The molecule has 0 amide bonds. The molecule has 0 aliphatic carbocycles. The summed E-state index contributed by atoms with van der Waals surface area (Å²) in [5, 5.41) is 0.770. The lowest BCUT2D eigenvalue weighted by Gasteiger charge is -2.11. The van der Waals surface area contributed by atoms with Gasteiger partial charge in [0.15, 0.2) is 0 Å². The Labute approximate surface area is 137 Å². The van der Waals surface area contributed by atoms with Crippen molar-refractivity contribution in [2.24, 2.45) is 5.73 Å². The topological polar surface area (TPSA) is 26.0 Å². The summed E-state index contributed by atoms with van der Waals surface area (Å²) < 4.78 is 0. The number of benzene rings is 2. The van der Waals surface area contributed by atoms with Crippen molar-refractivity contribution in [1.82, 2.24) is 0 Å². The molecule has 2 aromatic carbocycles. The van der Waals surface area contributed by atoms with Gasteiger partial charge in [0, 0.05) is 5.02 Å². The van der Waals surface area contributed by atoms with Crippen LogP contribution in [-0.2, 0) is 0 Å². The second-order valence-electron chi connectivity index (χ2n) is 4.61. The van der Waals surface area contributed by atoms with Gasteiger partial charge in [0.25, 0.3) is 0 Å². The van der Waals surface area contributed by atoms with E-state index in [9.17, 15) is 0 Å². The zero-order valence-corrected chi connectivity index (χ0v) is 14.1. The van der Waals surface area contributed by atoms with Crippen LogP contribution < -0.4 is 5.73 Å². The first-order chi connectivity index (χ1) is 8.70. The molecule has 2 aromatic rings. The number of nitrogens with two attached hydrogens (primary N) is 1. The monoisotopic (exact) mass is 387 g/mol. The molecule has 1 unspecified atom stereocenters. The maximum atomic E-state index is 5.89. The molecule has 2 N–H and O–H groups in total. The van der Waals surface area contributed by atoms with Gasteiger partial charge in [-0.05, 0) is 47.7 Å². The van der Waals surface area contributed by atoms with E-state index in [1.54, 1.807) is 0 Å². The Morgan fingerprint density at radius 3 is 1.89 bits per heavy atom. The fraction of sp³-hybridized carbons (Fsp3) is 0.250. The molecule has 0 spiro atoms. The lowest BCUT2D eigenvalue weighted by molar-refractivity contribution is 0.690. The highest BCUT2D eigenvalue weighted by atomic mass is 127. The Balaban J connectivity index is 0.00000180. The number of hydrogen-bond acceptors (Lipinski definition) is 1. The zero-order chi connectivity index (χ0) is 13.0. The minimum absolute atomic E-state index is 0.